The quantitative estimate of drug-likeness (QED) is 0.830. The molecule has 1 aromatic heterocycles. The summed E-state index contributed by atoms with van der Waals surface area (Å²) in [5.74, 6) is 0.860. The monoisotopic (exact) mass is 220 g/mol. The van der Waals surface area contributed by atoms with Crippen LogP contribution in [-0.4, -0.2) is 29.1 Å². The lowest BCUT2D eigenvalue weighted by molar-refractivity contribution is 0.562. The van der Waals surface area contributed by atoms with E-state index in [4.69, 9.17) is 5.73 Å². The summed E-state index contributed by atoms with van der Waals surface area (Å²) in [4.78, 5) is 11.3. The van der Waals surface area contributed by atoms with Crippen LogP contribution in [0.3, 0.4) is 0 Å². The maximum absolute atomic E-state index is 5.93. The number of nitrogens with zero attached hydrogens (tertiary/aromatic N) is 3. The van der Waals surface area contributed by atoms with Gasteiger partial charge in [0.15, 0.2) is 0 Å². The molecule has 0 spiro atoms. The molecule has 0 unspecified atom stereocenters. The van der Waals surface area contributed by atoms with Gasteiger partial charge in [-0.25, -0.2) is 9.97 Å². The summed E-state index contributed by atoms with van der Waals surface area (Å²) < 4.78 is 0. The minimum Gasteiger partial charge on any atom is -0.341 e. The highest BCUT2D eigenvalue weighted by Crippen LogP contribution is 2.20. The second-order valence-electron chi connectivity index (χ2n) is 4.32. The van der Waals surface area contributed by atoms with E-state index in [1.54, 1.807) is 0 Å². The fourth-order valence-electron chi connectivity index (χ4n) is 2.18. The van der Waals surface area contributed by atoms with Crippen molar-refractivity contribution in [2.45, 2.75) is 39.2 Å². The molecule has 0 aromatic carbocycles. The highest BCUT2D eigenvalue weighted by Gasteiger charge is 2.18. The summed E-state index contributed by atoms with van der Waals surface area (Å²) in [6.07, 6.45) is 4.91. The molecule has 1 aliphatic rings. The van der Waals surface area contributed by atoms with E-state index in [2.05, 4.69) is 28.7 Å². The van der Waals surface area contributed by atoms with Gasteiger partial charge in [-0.05, 0) is 38.7 Å². The van der Waals surface area contributed by atoms with E-state index >= 15 is 0 Å². The van der Waals surface area contributed by atoms with Crippen molar-refractivity contribution in [1.29, 1.82) is 0 Å². The molecule has 2 rings (SSSR count). The van der Waals surface area contributed by atoms with Gasteiger partial charge in [0.25, 0.3) is 0 Å². The Morgan fingerprint density at radius 2 is 2.19 bits per heavy atom. The molecule has 0 amide bonds. The number of rotatable bonds is 3. The standard InChI is InChI=1S/C12H20N4/c1-3-16(4-2)12-14-8-9-7-10(13)5-6-11(9)15-12/h8,10H,3-7,13H2,1-2H3/t10-/m0/s1. The molecule has 1 atom stereocenters. The molecule has 2 N–H and O–H groups in total. The first-order chi connectivity index (χ1) is 7.74. The van der Waals surface area contributed by atoms with Gasteiger partial charge in [0, 0.05) is 31.0 Å². The third kappa shape index (κ3) is 2.16. The molecule has 4 heteroatoms. The van der Waals surface area contributed by atoms with Crippen molar-refractivity contribution in [3.63, 3.8) is 0 Å². The Bertz CT molecular complexity index is 360. The van der Waals surface area contributed by atoms with Gasteiger partial charge in [-0.3, -0.25) is 0 Å². The van der Waals surface area contributed by atoms with Crippen molar-refractivity contribution in [3.05, 3.63) is 17.5 Å². The van der Waals surface area contributed by atoms with Crippen LogP contribution < -0.4 is 10.6 Å². The summed E-state index contributed by atoms with van der Waals surface area (Å²) in [7, 11) is 0. The van der Waals surface area contributed by atoms with Gasteiger partial charge in [-0.15, -0.1) is 0 Å². The lowest BCUT2D eigenvalue weighted by Crippen LogP contribution is -2.30. The average Bonchev–Trinajstić information content (AvgIpc) is 2.31. The Hall–Kier alpha value is -1.16. The van der Waals surface area contributed by atoms with Crippen molar-refractivity contribution in [2.24, 2.45) is 5.73 Å². The van der Waals surface area contributed by atoms with Gasteiger partial charge in [-0.2, -0.15) is 0 Å². The van der Waals surface area contributed by atoms with E-state index in [0.717, 1.165) is 38.3 Å². The van der Waals surface area contributed by atoms with Gasteiger partial charge in [0.1, 0.15) is 0 Å². The molecule has 0 saturated heterocycles. The summed E-state index contributed by atoms with van der Waals surface area (Å²) >= 11 is 0. The van der Waals surface area contributed by atoms with Crippen molar-refractivity contribution in [2.75, 3.05) is 18.0 Å². The molecule has 0 radical (unpaired) electrons. The normalized spacial score (nSPS) is 19.3. The van der Waals surface area contributed by atoms with Crippen LogP contribution in [0, 0.1) is 0 Å². The molecule has 0 aliphatic heterocycles. The summed E-state index contributed by atoms with van der Waals surface area (Å²) in [5, 5.41) is 0. The van der Waals surface area contributed by atoms with E-state index in [1.165, 1.54) is 11.3 Å². The third-order valence-corrected chi connectivity index (χ3v) is 3.22. The van der Waals surface area contributed by atoms with Crippen LogP contribution in [0.25, 0.3) is 0 Å². The number of aryl methyl sites for hydroxylation is 1. The van der Waals surface area contributed by atoms with Gasteiger partial charge in [0.2, 0.25) is 5.95 Å². The molecular weight excluding hydrogens is 200 g/mol. The molecule has 1 heterocycles. The SMILES string of the molecule is CCN(CC)c1ncc2c(n1)CC[C@H](N)C2. The molecule has 16 heavy (non-hydrogen) atoms. The molecular formula is C12H20N4. The smallest absolute Gasteiger partial charge is 0.225 e. The van der Waals surface area contributed by atoms with E-state index < -0.39 is 0 Å². The zero-order valence-corrected chi connectivity index (χ0v) is 10.1. The van der Waals surface area contributed by atoms with Crippen LogP contribution in [0.4, 0.5) is 5.95 Å². The van der Waals surface area contributed by atoms with Crippen LogP contribution in [0.2, 0.25) is 0 Å². The zero-order valence-electron chi connectivity index (χ0n) is 10.1. The minimum atomic E-state index is 0.287. The van der Waals surface area contributed by atoms with Crippen molar-refractivity contribution < 1.29 is 0 Å². The van der Waals surface area contributed by atoms with E-state index in [9.17, 15) is 0 Å². The Morgan fingerprint density at radius 3 is 2.88 bits per heavy atom. The Morgan fingerprint density at radius 1 is 1.44 bits per heavy atom. The van der Waals surface area contributed by atoms with E-state index in [0.29, 0.717) is 0 Å². The molecule has 4 nitrogen and oxygen atoms in total. The number of anilines is 1. The Labute approximate surface area is 96.9 Å². The topological polar surface area (TPSA) is 55.0 Å². The van der Waals surface area contributed by atoms with Gasteiger partial charge in [0.05, 0.1) is 0 Å². The Kier molecular flexibility index (Phi) is 3.39. The molecule has 0 bridgehead atoms. The number of hydrogen-bond acceptors (Lipinski definition) is 4. The second kappa shape index (κ2) is 4.78. The predicted molar refractivity (Wildman–Crippen MR) is 65.6 cm³/mol. The first-order valence-electron chi connectivity index (χ1n) is 6.09. The van der Waals surface area contributed by atoms with Crippen LogP contribution in [0.1, 0.15) is 31.5 Å². The molecule has 1 aliphatic carbocycles. The lowest BCUT2D eigenvalue weighted by atomic mass is 9.94. The molecule has 1 aromatic rings. The van der Waals surface area contributed by atoms with Crippen LogP contribution in [-0.2, 0) is 12.8 Å². The van der Waals surface area contributed by atoms with Crippen molar-refractivity contribution in [3.8, 4) is 0 Å². The van der Waals surface area contributed by atoms with Gasteiger partial charge >= 0.3 is 0 Å². The molecule has 0 saturated carbocycles. The number of aromatic nitrogens is 2. The molecule has 0 fully saturated rings. The minimum absolute atomic E-state index is 0.287. The number of nitrogens with two attached hydrogens (primary N) is 1. The first-order valence-corrected chi connectivity index (χ1v) is 6.09. The Balaban J connectivity index is 2.25. The fraction of sp³-hybridized carbons (Fsp3) is 0.667. The largest absolute Gasteiger partial charge is 0.341 e. The van der Waals surface area contributed by atoms with Crippen LogP contribution in [0.15, 0.2) is 6.20 Å². The highest BCUT2D eigenvalue weighted by atomic mass is 15.2. The average molecular weight is 220 g/mol. The second-order valence-corrected chi connectivity index (χ2v) is 4.32. The van der Waals surface area contributed by atoms with Crippen molar-refractivity contribution in [1.82, 2.24) is 9.97 Å². The molecule has 88 valence electrons. The third-order valence-electron chi connectivity index (χ3n) is 3.22. The van der Waals surface area contributed by atoms with Crippen LogP contribution in [0.5, 0.6) is 0 Å². The van der Waals surface area contributed by atoms with E-state index in [-0.39, 0.29) is 6.04 Å². The lowest BCUT2D eigenvalue weighted by Gasteiger charge is -2.23. The highest BCUT2D eigenvalue weighted by molar-refractivity contribution is 5.34. The van der Waals surface area contributed by atoms with Gasteiger partial charge < -0.3 is 10.6 Å². The van der Waals surface area contributed by atoms with Crippen LogP contribution >= 0.6 is 0 Å². The first kappa shape index (κ1) is 11.3. The van der Waals surface area contributed by atoms with Gasteiger partial charge in [-0.1, -0.05) is 0 Å². The summed E-state index contributed by atoms with van der Waals surface area (Å²) in [5.41, 5.74) is 8.36. The van der Waals surface area contributed by atoms with Crippen molar-refractivity contribution >= 4 is 5.95 Å². The fourth-order valence-corrected chi connectivity index (χ4v) is 2.18. The number of hydrogen-bond donors (Lipinski definition) is 1. The predicted octanol–water partition coefficient (Wildman–Crippen LogP) is 1.14. The number of fused-ring (bicyclic) bond motifs is 1. The van der Waals surface area contributed by atoms with E-state index in [1.807, 2.05) is 6.20 Å². The maximum Gasteiger partial charge on any atom is 0.225 e. The maximum atomic E-state index is 5.93. The zero-order chi connectivity index (χ0) is 11.5. The summed E-state index contributed by atoms with van der Waals surface area (Å²) in [6, 6.07) is 0.287. The summed E-state index contributed by atoms with van der Waals surface area (Å²) in [6.45, 7) is 6.16.